The molecule has 0 aliphatic heterocycles. The Bertz CT molecular complexity index is 717. The molecule has 0 heterocycles. The van der Waals surface area contributed by atoms with E-state index in [2.05, 4.69) is 20.8 Å². The molecule has 0 bridgehead atoms. The summed E-state index contributed by atoms with van der Waals surface area (Å²) >= 11 is 0. The Labute approximate surface area is 163 Å². The molecule has 0 spiro atoms. The predicted octanol–water partition coefficient (Wildman–Crippen LogP) is 5.60. The largest absolute Gasteiger partial charge is 0.435 e. The Morgan fingerprint density at radius 2 is 1.85 bits per heavy atom. The molecule has 6 atom stereocenters. The number of esters is 1. The van der Waals surface area contributed by atoms with Gasteiger partial charge in [-0.05, 0) is 98.0 Å². The quantitative estimate of drug-likeness (QED) is 0.469. The average Bonchev–Trinajstić information content (AvgIpc) is 2.97. The molecule has 148 valence electrons. The summed E-state index contributed by atoms with van der Waals surface area (Å²) in [4.78, 5) is 23.2. The van der Waals surface area contributed by atoms with Crippen LogP contribution in [-0.2, 0) is 14.3 Å². The molecule has 3 fully saturated rings. The maximum absolute atomic E-state index is 12.0. The first-order valence-electron chi connectivity index (χ1n) is 10.8. The lowest BCUT2D eigenvalue weighted by molar-refractivity contribution is -0.135. The number of fused-ring (bicyclic) bond motifs is 5. The van der Waals surface area contributed by atoms with E-state index < -0.39 is 0 Å². The first kappa shape index (κ1) is 19.0. The molecular weight excluding hydrogens is 336 g/mol. The zero-order valence-electron chi connectivity index (χ0n) is 17.3. The van der Waals surface area contributed by atoms with E-state index in [0.29, 0.717) is 17.1 Å². The third-order valence-electron chi connectivity index (χ3n) is 8.92. The Morgan fingerprint density at radius 3 is 2.59 bits per heavy atom. The van der Waals surface area contributed by atoms with Gasteiger partial charge in [0.15, 0.2) is 5.78 Å². The number of carbonyl (C=O) groups is 2. The van der Waals surface area contributed by atoms with Gasteiger partial charge in [-0.15, -0.1) is 0 Å². The lowest BCUT2D eigenvalue weighted by atomic mass is 9.46. The number of hydrogen-bond donors (Lipinski definition) is 0. The van der Waals surface area contributed by atoms with Crippen LogP contribution < -0.4 is 0 Å². The highest BCUT2D eigenvalue weighted by Crippen LogP contribution is 2.67. The van der Waals surface area contributed by atoms with Crippen molar-refractivity contribution in [3.63, 3.8) is 0 Å². The molecule has 0 N–H and O–H groups in total. The fraction of sp³-hybridized carbons (Fsp3) is 0.750. The average molecular weight is 371 g/mol. The summed E-state index contributed by atoms with van der Waals surface area (Å²) < 4.78 is 5.20. The number of ketones is 1. The van der Waals surface area contributed by atoms with E-state index in [1.165, 1.54) is 50.2 Å². The van der Waals surface area contributed by atoms with Crippen LogP contribution in [0.3, 0.4) is 0 Å². The number of rotatable bonds is 2. The van der Waals surface area contributed by atoms with E-state index in [1.54, 1.807) is 6.26 Å². The van der Waals surface area contributed by atoms with Crippen LogP contribution in [0.4, 0.5) is 0 Å². The van der Waals surface area contributed by atoms with Crippen molar-refractivity contribution in [3.05, 3.63) is 23.5 Å². The van der Waals surface area contributed by atoms with E-state index in [4.69, 9.17) is 4.74 Å². The van der Waals surface area contributed by atoms with Crippen molar-refractivity contribution in [1.29, 1.82) is 0 Å². The van der Waals surface area contributed by atoms with Gasteiger partial charge in [-0.2, -0.15) is 0 Å². The first-order valence-corrected chi connectivity index (χ1v) is 10.8. The summed E-state index contributed by atoms with van der Waals surface area (Å²) in [6.07, 6.45) is 12.9. The maximum Gasteiger partial charge on any atom is 0.307 e. The second kappa shape index (κ2) is 6.60. The highest BCUT2D eigenvalue weighted by molar-refractivity contribution is 5.91. The highest BCUT2D eigenvalue weighted by atomic mass is 16.5. The van der Waals surface area contributed by atoms with Crippen molar-refractivity contribution < 1.29 is 14.3 Å². The minimum Gasteiger partial charge on any atom is -0.435 e. The molecule has 0 aromatic rings. The van der Waals surface area contributed by atoms with Gasteiger partial charge in [0.05, 0.1) is 6.26 Å². The molecular formula is C24H34O3. The molecule has 3 saturated carbocycles. The highest BCUT2D eigenvalue weighted by Gasteiger charge is 2.59. The summed E-state index contributed by atoms with van der Waals surface area (Å²) in [5, 5.41) is 0. The van der Waals surface area contributed by atoms with Gasteiger partial charge in [-0.25, -0.2) is 0 Å². The summed E-state index contributed by atoms with van der Waals surface area (Å²) in [5.74, 6) is 2.92. The van der Waals surface area contributed by atoms with Crippen LogP contribution in [0.25, 0.3) is 0 Å². The molecule has 0 amide bonds. The summed E-state index contributed by atoms with van der Waals surface area (Å²) in [6.45, 7) is 8.55. The standard InChI is InChI=1S/C24H34O3/c1-15(14-27-16(2)25)20-7-8-21-19-6-5-17-13-18(26)9-11-23(17,3)22(19)10-12-24(20,21)4/h13-14,19-22H,5-12H2,1-4H3/b15-14+/t19-,20+,21-,22-,23-,24+/m0/s1. The van der Waals surface area contributed by atoms with E-state index in [9.17, 15) is 9.59 Å². The molecule has 0 aromatic carbocycles. The monoisotopic (exact) mass is 370 g/mol. The van der Waals surface area contributed by atoms with Crippen LogP contribution in [0.15, 0.2) is 23.5 Å². The number of carbonyl (C=O) groups excluding carboxylic acids is 2. The van der Waals surface area contributed by atoms with E-state index >= 15 is 0 Å². The number of ether oxygens (including phenoxy) is 1. The maximum atomic E-state index is 12.0. The molecule has 0 saturated heterocycles. The van der Waals surface area contributed by atoms with Crippen LogP contribution >= 0.6 is 0 Å². The van der Waals surface area contributed by atoms with Gasteiger partial charge < -0.3 is 4.74 Å². The zero-order chi connectivity index (χ0) is 19.4. The second-order valence-electron chi connectivity index (χ2n) is 10.1. The minimum atomic E-state index is -0.232. The van der Waals surface area contributed by atoms with Gasteiger partial charge >= 0.3 is 5.97 Å². The van der Waals surface area contributed by atoms with Crippen molar-refractivity contribution in [1.82, 2.24) is 0 Å². The van der Waals surface area contributed by atoms with Crippen molar-refractivity contribution in [2.24, 2.45) is 34.5 Å². The number of allylic oxidation sites excluding steroid dienone is 2. The Kier molecular flexibility index (Phi) is 4.63. The molecule has 4 rings (SSSR count). The Morgan fingerprint density at radius 1 is 1.07 bits per heavy atom. The third-order valence-corrected chi connectivity index (χ3v) is 8.92. The molecule has 27 heavy (non-hydrogen) atoms. The topological polar surface area (TPSA) is 43.4 Å². The van der Waals surface area contributed by atoms with Crippen LogP contribution in [0.5, 0.6) is 0 Å². The molecule has 0 aromatic heterocycles. The fourth-order valence-corrected chi connectivity index (χ4v) is 7.57. The van der Waals surface area contributed by atoms with E-state index in [1.807, 2.05) is 6.08 Å². The fourth-order valence-electron chi connectivity index (χ4n) is 7.57. The van der Waals surface area contributed by atoms with Crippen LogP contribution in [0.1, 0.15) is 79.1 Å². The molecule has 3 heteroatoms. The SMILES string of the molecule is CC(=O)O/C=C(\C)[C@H]1CC[C@H]2[C@@H]3CCC4=CC(=O)CC[C@]4(C)[C@H]3CC[C@]12C. The molecule has 4 aliphatic carbocycles. The first-order chi connectivity index (χ1) is 12.8. The normalized spacial score (nSPS) is 44.1. The van der Waals surface area contributed by atoms with Gasteiger partial charge in [-0.1, -0.05) is 19.4 Å². The van der Waals surface area contributed by atoms with Gasteiger partial charge in [-0.3, -0.25) is 9.59 Å². The van der Waals surface area contributed by atoms with E-state index in [0.717, 1.165) is 37.0 Å². The Balaban J connectivity index is 1.59. The molecule has 3 nitrogen and oxygen atoms in total. The van der Waals surface area contributed by atoms with Crippen molar-refractivity contribution in [2.45, 2.75) is 79.1 Å². The van der Waals surface area contributed by atoms with E-state index in [-0.39, 0.29) is 11.4 Å². The zero-order valence-corrected chi connectivity index (χ0v) is 17.3. The molecule has 4 aliphatic rings. The predicted molar refractivity (Wildman–Crippen MR) is 106 cm³/mol. The molecule has 0 unspecified atom stereocenters. The van der Waals surface area contributed by atoms with Crippen LogP contribution in [-0.4, -0.2) is 11.8 Å². The summed E-state index contributed by atoms with van der Waals surface area (Å²) in [5.41, 5.74) is 3.26. The van der Waals surface area contributed by atoms with Crippen molar-refractivity contribution >= 4 is 11.8 Å². The summed E-state index contributed by atoms with van der Waals surface area (Å²) in [6, 6.07) is 0. The van der Waals surface area contributed by atoms with Gasteiger partial charge in [0.1, 0.15) is 0 Å². The smallest absolute Gasteiger partial charge is 0.307 e. The van der Waals surface area contributed by atoms with Gasteiger partial charge in [0, 0.05) is 13.3 Å². The van der Waals surface area contributed by atoms with Crippen LogP contribution in [0, 0.1) is 34.5 Å². The minimum absolute atomic E-state index is 0.232. The number of hydrogen-bond acceptors (Lipinski definition) is 3. The molecule has 0 radical (unpaired) electrons. The van der Waals surface area contributed by atoms with Gasteiger partial charge in [0.2, 0.25) is 0 Å². The summed E-state index contributed by atoms with van der Waals surface area (Å²) in [7, 11) is 0. The third kappa shape index (κ3) is 2.93. The van der Waals surface area contributed by atoms with Crippen LogP contribution in [0.2, 0.25) is 0 Å². The van der Waals surface area contributed by atoms with Gasteiger partial charge in [0.25, 0.3) is 0 Å². The lowest BCUT2D eigenvalue weighted by Gasteiger charge is -2.58. The van der Waals surface area contributed by atoms with Crippen molar-refractivity contribution in [3.8, 4) is 0 Å². The van der Waals surface area contributed by atoms with Crippen molar-refractivity contribution in [2.75, 3.05) is 0 Å². The lowest BCUT2D eigenvalue weighted by Crippen LogP contribution is -2.50. The Hall–Kier alpha value is -1.38. The second-order valence-corrected chi connectivity index (χ2v) is 10.1.